The first-order chi connectivity index (χ1) is 19.8. The van der Waals surface area contributed by atoms with Crippen LogP contribution in [0.2, 0.25) is 15.1 Å². The van der Waals surface area contributed by atoms with Crippen LogP contribution in [0.1, 0.15) is 36.3 Å². The van der Waals surface area contributed by atoms with Crippen molar-refractivity contribution in [3.63, 3.8) is 0 Å². The van der Waals surface area contributed by atoms with Crippen LogP contribution in [0.5, 0.6) is 0 Å². The normalized spacial score (nSPS) is 18.0. The Morgan fingerprint density at radius 2 is 1.55 bits per heavy atom. The van der Waals surface area contributed by atoms with Gasteiger partial charge in [-0.1, -0.05) is 71.2 Å². The molecule has 3 aromatic carbocycles. The van der Waals surface area contributed by atoms with Gasteiger partial charge in [0.15, 0.2) is 0 Å². The molecule has 5 rings (SSSR count). The van der Waals surface area contributed by atoms with Crippen LogP contribution in [-0.4, -0.2) is 72.1 Å². The highest BCUT2D eigenvalue weighted by Gasteiger charge is 2.46. The lowest BCUT2D eigenvalue weighted by molar-refractivity contribution is 0.162. The summed E-state index contributed by atoms with van der Waals surface area (Å²) in [6, 6.07) is 19.7. The summed E-state index contributed by atoms with van der Waals surface area (Å²) in [6.07, 6.45) is 3.64. The molecule has 0 saturated carbocycles. The average Bonchev–Trinajstić information content (AvgIpc) is 3.28. The number of likely N-dealkylation sites (tertiary alicyclic amines) is 1. The van der Waals surface area contributed by atoms with Gasteiger partial charge < -0.3 is 4.90 Å². The number of halogens is 3. The third kappa shape index (κ3) is 6.34. The lowest BCUT2D eigenvalue weighted by atomic mass is 9.74. The quantitative estimate of drug-likeness (QED) is 0.269. The van der Waals surface area contributed by atoms with Gasteiger partial charge in [0.25, 0.3) is 0 Å². The molecule has 2 aliphatic rings. The fourth-order valence-electron chi connectivity index (χ4n) is 6.21. The SMILES string of the molecule is CN(CC(CCN1CCC2(CC1)CN(S(C)(=O)=O)c1ccccc12)c1ccc(Cl)c(Cl)c1)S(=O)(=O)c1ccccc1Cl. The second kappa shape index (κ2) is 12.3. The van der Waals surface area contributed by atoms with E-state index in [1.807, 2.05) is 30.3 Å². The third-order valence-electron chi connectivity index (χ3n) is 8.62. The van der Waals surface area contributed by atoms with E-state index in [9.17, 15) is 16.8 Å². The van der Waals surface area contributed by atoms with Crippen LogP contribution in [0.15, 0.2) is 71.6 Å². The van der Waals surface area contributed by atoms with Crippen LogP contribution in [0.3, 0.4) is 0 Å². The Morgan fingerprint density at radius 3 is 2.21 bits per heavy atom. The number of benzene rings is 3. The lowest BCUT2D eigenvalue weighted by Gasteiger charge is -2.40. The van der Waals surface area contributed by atoms with Crippen LogP contribution < -0.4 is 4.31 Å². The van der Waals surface area contributed by atoms with Crippen LogP contribution >= 0.6 is 34.8 Å². The molecule has 1 fully saturated rings. The molecule has 0 radical (unpaired) electrons. The topological polar surface area (TPSA) is 78.0 Å². The van der Waals surface area contributed by atoms with Crippen molar-refractivity contribution in [2.24, 2.45) is 0 Å². The highest BCUT2D eigenvalue weighted by atomic mass is 35.5. The minimum atomic E-state index is -3.82. The van der Waals surface area contributed by atoms with Gasteiger partial charge in [0.05, 0.1) is 27.0 Å². The van der Waals surface area contributed by atoms with Crippen molar-refractivity contribution in [1.82, 2.24) is 9.21 Å². The van der Waals surface area contributed by atoms with E-state index in [0.29, 0.717) is 23.0 Å². The summed E-state index contributed by atoms with van der Waals surface area (Å²) >= 11 is 18.8. The van der Waals surface area contributed by atoms with E-state index < -0.39 is 20.0 Å². The lowest BCUT2D eigenvalue weighted by Crippen LogP contribution is -2.46. The van der Waals surface area contributed by atoms with Crippen LogP contribution in [0.4, 0.5) is 5.69 Å². The van der Waals surface area contributed by atoms with Gasteiger partial charge in [0, 0.05) is 25.6 Å². The third-order valence-corrected chi connectivity index (χ3v) is 12.8. The Balaban J connectivity index is 1.31. The molecule has 1 atom stereocenters. The highest BCUT2D eigenvalue weighted by molar-refractivity contribution is 7.92. The number of likely N-dealkylation sites (N-methyl/N-ethyl adjacent to an activating group) is 1. The Morgan fingerprint density at radius 1 is 0.881 bits per heavy atom. The molecular weight excluding hydrogens is 637 g/mol. The molecule has 42 heavy (non-hydrogen) atoms. The molecule has 1 spiro atoms. The largest absolute Gasteiger partial charge is 0.303 e. The number of hydrogen-bond donors (Lipinski definition) is 0. The number of sulfonamides is 2. The number of fused-ring (bicyclic) bond motifs is 2. The van der Waals surface area contributed by atoms with Gasteiger partial charge in [-0.05, 0) is 86.3 Å². The minimum Gasteiger partial charge on any atom is -0.303 e. The number of nitrogens with zero attached hydrogens (tertiary/aromatic N) is 3. The summed E-state index contributed by atoms with van der Waals surface area (Å²) in [5, 5.41) is 1.05. The average molecular weight is 671 g/mol. The maximum absolute atomic E-state index is 13.4. The molecular formula is C30H34Cl3N3O4S2. The zero-order chi connectivity index (χ0) is 30.3. The van der Waals surface area contributed by atoms with Gasteiger partial charge in [0.1, 0.15) is 4.90 Å². The van der Waals surface area contributed by atoms with Gasteiger partial charge in [-0.15, -0.1) is 0 Å². The molecule has 0 bridgehead atoms. The van der Waals surface area contributed by atoms with Gasteiger partial charge in [0.2, 0.25) is 20.0 Å². The molecule has 0 N–H and O–H groups in total. The Bertz CT molecular complexity index is 1680. The van der Waals surface area contributed by atoms with Gasteiger partial charge in [-0.25, -0.2) is 21.1 Å². The standard InChI is InChI=1S/C30H34Cl3N3O4S2/c1-34(42(39,40)29-10-6-4-8-26(29)32)20-23(22-11-12-25(31)27(33)19-22)13-16-35-17-14-30(15-18-35)21-36(41(2,37)38)28-9-5-3-7-24(28)30/h3-12,19,23H,13-18,20-21H2,1-2H3. The number of hydrogen-bond acceptors (Lipinski definition) is 5. The summed E-state index contributed by atoms with van der Waals surface area (Å²) in [7, 11) is -5.62. The summed E-state index contributed by atoms with van der Waals surface area (Å²) in [4.78, 5) is 2.45. The molecule has 0 aliphatic carbocycles. The predicted octanol–water partition coefficient (Wildman–Crippen LogP) is 6.25. The zero-order valence-electron chi connectivity index (χ0n) is 23.5. The monoisotopic (exact) mass is 669 g/mol. The van der Waals surface area contributed by atoms with E-state index >= 15 is 0 Å². The van der Waals surface area contributed by atoms with E-state index in [-0.39, 0.29) is 27.8 Å². The Hall–Kier alpha value is -1.85. The van der Waals surface area contributed by atoms with Crippen LogP contribution in [0.25, 0.3) is 0 Å². The molecule has 1 unspecified atom stereocenters. The van der Waals surface area contributed by atoms with E-state index in [4.69, 9.17) is 34.8 Å². The molecule has 7 nitrogen and oxygen atoms in total. The van der Waals surface area contributed by atoms with E-state index in [2.05, 4.69) is 11.0 Å². The summed E-state index contributed by atoms with van der Waals surface area (Å²) < 4.78 is 54.9. The van der Waals surface area contributed by atoms with Crippen molar-refractivity contribution >= 4 is 60.5 Å². The number of rotatable bonds is 9. The summed E-state index contributed by atoms with van der Waals surface area (Å²) in [5.74, 6) is -0.147. The maximum atomic E-state index is 13.4. The second-order valence-electron chi connectivity index (χ2n) is 11.3. The first kappa shape index (κ1) is 31.6. The smallest absolute Gasteiger partial charge is 0.244 e. The van der Waals surface area contributed by atoms with E-state index in [1.54, 1.807) is 35.6 Å². The number of para-hydroxylation sites is 1. The Labute approximate surface area is 264 Å². The fraction of sp³-hybridized carbons (Fsp3) is 0.400. The predicted molar refractivity (Wildman–Crippen MR) is 171 cm³/mol. The molecule has 1 saturated heterocycles. The van der Waals surface area contributed by atoms with Crippen molar-refractivity contribution in [2.75, 3.05) is 50.3 Å². The molecule has 12 heteroatoms. The first-order valence-corrected chi connectivity index (χ1v) is 18.2. The van der Waals surface area contributed by atoms with Crippen molar-refractivity contribution in [2.45, 2.75) is 35.5 Å². The molecule has 226 valence electrons. The fourth-order valence-corrected chi connectivity index (χ4v) is 9.22. The van der Waals surface area contributed by atoms with Crippen molar-refractivity contribution in [3.8, 4) is 0 Å². The van der Waals surface area contributed by atoms with Crippen LogP contribution in [0, 0.1) is 0 Å². The first-order valence-electron chi connectivity index (χ1n) is 13.8. The highest BCUT2D eigenvalue weighted by Crippen LogP contribution is 2.48. The Kier molecular flexibility index (Phi) is 9.22. The maximum Gasteiger partial charge on any atom is 0.244 e. The van der Waals surface area contributed by atoms with E-state index in [1.165, 1.54) is 16.6 Å². The van der Waals surface area contributed by atoms with Gasteiger partial charge in [-0.2, -0.15) is 0 Å². The van der Waals surface area contributed by atoms with Gasteiger partial charge in [-0.3, -0.25) is 4.31 Å². The molecule has 0 aromatic heterocycles. The van der Waals surface area contributed by atoms with Crippen molar-refractivity contribution < 1.29 is 16.8 Å². The molecule has 0 amide bonds. The van der Waals surface area contributed by atoms with Crippen molar-refractivity contribution in [1.29, 1.82) is 0 Å². The van der Waals surface area contributed by atoms with E-state index in [0.717, 1.165) is 49.3 Å². The number of piperidine rings is 1. The summed E-state index contributed by atoms with van der Waals surface area (Å²) in [5.41, 5.74) is 2.60. The molecule has 3 aromatic rings. The van der Waals surface area contributed by atoms with Crippen LogP contribution in [-0.2, 0) is 25.5 Å². The van der Waals surface area contributed by atoms with Crippen molar-refractivity contribution in [3.05, 3.63) is 92.9 Å². The number of anilines is 1. The second-order valence-corrected chi connectivity index (χ2v) is 16.4. The zero-order valence-corrected chi connectivity index (χ0v) is 27.4. The van der Waals surface area contributed by atoms with Gasteiger partial charge >= 0.3 is 0 Å². The molecule has 2 heterocycles. The molecule has 2 aliphatic heterocycles. The summed E-state index contributed by atoms with van der Waals surface area (Å²) in [6.45, 7) is 3.08. The minimum absolute atomic E-state index is 0.0726.